The Morgan fingerprint density at radius 1 is 0.926 bits per heavy atom. The Balaban J connectivity index is 1.58. The van der Waals surface area contributed by atoms with Crippen LogP contribution in [-0.4, -0.2) is 52.2 Å². The lowest BCUT2D eigenvalue weighted by Crippen LogP contribution is -2.52. The second kappa shape index (κ2) is 8.85. The van der Waals surface area contributed by atoms with Crippen molar-refractivity contribution in [1.29, 1.82) is 0 Å². The molecule has 0 spiro atoms. The fraction of sp³-hybridized carbons (Fsp3) is 0.800. The quantitative estimate of drug-likeness (QED) is 0.628. The van der Waals surface area contributed by atoms with Crippen molar-refractivity contribution in [3.05, 3.63) is 0 Å². The van der Waals surface area contributed by atoms with E-state index in [0.29, 0.717) is 37.6 Å². The van der Waals surface area contributed by atoms with Gasteiger partial charge >= 0.3 is 5.97 Å². The molecule has 7 nitrogen and oxygen atoms in total. The van der Waals surface area contributed by atoms with Gasteiger partial charge in [0.05, 0.1) is 6.04 Å². The Hall–Kier alpha value is -1.92. The van der Waals surface area contributed by atoms with Gasteiger partial charge in [-0.05, 0) is 43.9 Å². The molecular formula is C20H30N2O5. The van der Waals surface area contributed by atoms with Gasteiger partial charge in [-0.3, -0.25) is 14.4 Å². The SMILES string of the molecule is O=C(O)C(=O)C(CC1CC1)NC(=O)[C@@H]1CCCN1C(=O)CC1CCCCC1. The summed E-state index contributed by atoms with van der Waals surface area (Å²) in [6.07, 6.45) is 9.85. The number of amides is 2. The van der Waals surface area contributed by atoms with Gasteiger partial charge in [-0.2, -0.15) is 0 Å². The highest BCUT2D eigenvalue weighted by molar-refractivity contribution is 6.35. The Bertz CT molecular complexity index is 595. The van der Waals surface area contributed by atoms with Crippen LogP contribution in [0.1, 0.15) is 70.6 Å². The fourth-order valence-electron chi connectivity index (χ4n) is 4.43. The number of nitrogens with zero attached hydrogens (tertiary/aromatic N) is 1. The highest BCUT2D eigenvalue weighted by Crippen LogP contribution is 2.34. The summed E-state index contributed by atoms with van der Waals surface area (Å²) >= 11 is 0. The van der Waals surface area contributed by atoms with Gasteiger partial charge in [-0.1, -0.05) is 32.1 Å². The molecule has 2 atom stereocenters. The van der Waals surface area contributed by atoms with Crippen LogP contribution in [0.3, 0.4) is 0 Å². The number of nitrogens with one attached hydrogen (secondary N) is 1. The second-order valence-electron chi connectivity index (χ2n) is 8.36. The van der Waals surface area contributed by atoms with Gasteiger partial charge < -0.3 is 15.3 Å². The van der Waals surface area contributed by atoms with Crippen molar-refractivity contribution < 1.29 is 24.3 Å². The third kappa shape index (κ3) is 5.30. The highest BCUT2D eigenvalue weighted by atomic mass is 16.4. The monoisotopic (exact) mass is 378 g/mol. The number of carboxylic acid groups (broad SMARTS) is 1. The lowest BCUT2D eigenvalue weighted by Gasteiger charge is -2.28. The van der Waals surface area contributed by atoms with Crippen molar-refractivity contribution in [2.24, 2.45) is 11.8 Å². The highest BCUT2D eigenvalue weighted by Gasteiger charge is 2.38. The van der Waals surface area contributed by atoms with Crippen LogP contribution >= 0.6 is 0 Å². The predicted molar refractivity (Wildman–Crippen MR) is 97.8 cm³/mol. The molecule has 0 bridgehead atoms. The van der Waals surface area contributed by atoms with Crippen molar-refractivity contribution in [2.75, 3.05) is 6.54 Å². The van der Waals surface area contributed by atoms with E-state index >= 15 is 0 Å². The van der Waals surface area contributed by atoms with Crippen LogP contribution in [0.25, 0.3) is 0 Å². The average molecular weight is 378 g/mol. The number of Topliss-reactive ketones (excluding diaryl/α,β-unsaturated/α-hetero) is 1. The molecule has 3 rings (SSSR count). The van der Waals surface area contributed by atoms with Crippen molar-refractivity contribution in [3.8, 4) is 0 Å². The minimum atomic E-state index is -1.52. The maximum absolute atomic E-state index is 12.7. The fourth-order valence-corrected chi connectivity index (χ4v) is 4.43. The number of carbonyl (C=O) groups excluding carboxylic acids is 3. The smallest absolute Gasteiger partial charge is 0.374 e. The van der Waals surface area contributed by atoms with E-state index in [2.05, 4.69) is 5.32 Å². The second-order valence-corrected chi connectivity index (χ2v) is 8.36. The standard InChI is InChI=1S/C20H30N2O5/c23-17(12-13-5-2-1-3-6-13)22-10-4-7-16(22)19(25)21-15(11-14-8-9-14)18(24)20(26)27/h13-16H,1-12H2,(H,21,25)(H,26,27)/t15?,16-/m0/s1. The Labute approximate surface area is 159 Å². The molecule has 0 aromatic carbocycles. The molecule has 27 heavy (non-hydrogen) atoms. The van der Waals surface area contributed by atoms with Crippen molar-refractivity contribution >= 4 is 23.6 Å². The third-order valence-corrected chi connectivity index (χ3v) is 6.17. The van der Waals surface area contributed by atoms with E-state index in [4.69, 9.17) is 5.11 Å². The lowest BCUT2D eigenvalue weighted by molar-refractivity contribution is -0.151. The van der Waals surface area contributed by atoms with Crippen LogP contribution in [0, 0.1) is 11.8 Å². The number of carboxylic acids is 1. The number of aliphatic carboxylic acids is 1. The van der Waals surface area contributed by atoms with Gasteiger partial charge in [0.25, 0.3) is 5.78 Å². The molecule has 0 aromatic rings. The summed E-state index contributed by atoms with van der Waals surface area (Å²) in [4.78, 5) is 50.1. The van der Waals surface area contributed by atoms with Crippen LogP contribution < -0.4 is 5.32 Å². The summed E-state index contributed by atoms with van der Waals surface area (Å²) in [6, 6.07) is -1.57. The number of carbonyl (C=O) groups is 4. The van der Waals surface area contributed by atoms with Gasteiger partial charge in [-0.25, -0.2) is 4.79 Å². The molecule has 1 unspecified atom stereocenters. The first kappa shape index (κ1) is 19.8. The van der Waals surface area contributed by atoms with E-state index in [1.807, 2.05) is 0 Å². The van der Waals surface area contributed by atoms with Crippen molar-refractivity contribution in [3.63, 3.8) is 0 Å². The summed E-state index contributed by atoms with van der Waals surface area (Å²) < 4.78 is 0. The molecule has 150 valence electrons. The zero-order chi connectivity index (χ0) is 19.4. The Morgan fingerprint density at radius 3 is 2.26 bits per heavy atom. The van der Waals surface area contributed by atoms with Gasteiger partial charge in [0.15, 0.2) is 0 Å². The molecule has 3 fully saturated rings. The van der Waals surface area contributed by atoms with E-state index in [9.17, 15) is 19.2 Å². The minimum absolute atomic E-state index is 0.0165. The minimum Gasteiger partial charge on any atom is -0.475 e. The Morgan fingerprint density at radius 2 is 1.63 bits per heavy atom. The van der Waals surface area contributed by atoms with E-state index in [-0.39, 0.29) is 11.8 Å². The molecular weight excluding hydrogens is 348 g/mol. The zero-order valence-corrected chi connectivity index (χ0v) is 15.8. The van der Waals surface area contributed by atoms with Crippen LogP contribution in [-0.2, 0) is 19.2 Å². The molecule has 2 aliphatic carbocycles. The topological polar surface area (TPSA) is 104 Å². The molecule has 1 heterocycles. The van der Waals surface area contributed by atoms with Gasteiger partial charge in [-0.15, -0.1) is 0 Å². The number of ketones is 1. The number of likely N-dealkylation sites (tertiary alicyclic amines) is 1. The predicted octanol–water partition coefficient (Wildman–Crippen LogP) is 1.89. The van der Waals surface area contributed by atoms with E-state index in [0.717, 1.165) is 32.1 Å². The van der Waals surface area contributed by atoms with Crippen LogP contribution in [0.2, 0.25) is 0 Å². The zero-order valence-electron chi connectivity index (χ0n) is 15.8. The molecule has 7 heteroatoms. The van der Waals surface area contributed by atoms with E-state index in [1.165, 1.54) is 19.3 Å². The summed E-state index contributed by atoms with van der Waals surface area (Å²) in [5.41, 5.74) is 0. The first-order valence-corrected chi connectivity index (χ1v) is 10.3. The maximum Gasteiger partial charge on any atom is 0.374 e. The van der Waals surface area contributed by atoms with Crippen LogP contribution in [0.15, 0.2) is 0 Å². The molecule has 1 saturated heterocycles. The van der Waals surface area contributed by atoms with Crippen LogP contribution in [0.5, 0.6) is 0 Å². The van der Waals surface area contributed by atoms with Crippen LogP contribution in [0.4, 0.5) is 0 Å². The van der Waals surface area contributed by atoms with E-state index < -0.39 is 23.8 Å². The largest absolute Gasteiger partial charge is 0.475 e. The van der Waals surface area contributed by atoms with Gasteiger partial charge in [0.2, 0.25) is 11.8 Å². The van der Waals surface area contributed by atoms with Crippen molar-refractivity contribution in [2.45, 2.75) is 82.7 Å². The van der Waals surface area contributed by atoms with E-state index in [1.54, 1.807) is 4.90 Å². The average Bonchev–Trinajstić information content (AvgIpc) is 3.32. The summed E-state index contributed by atoms with van der Waals surface area (Å²) in [5, 5.41) is 11.7. The molecule has 0 radical (unpaired) electrons. The van der Waals surface area contributed by atoms with Crippen molar-refractivity contribution in [1.82, 2.24) is 10.2 Å². The lowest BCUT2D eigenvalue weighted by atomic mass is 9.86. The Kier molecular flexibility index (Phi) is 6.50. The molecule has 2 amide bonds. The first-order chi connectivity index (χ1) is 13.0. The summed E-state index contributed by atoms with van der Waals surface area (Å²) in [5.74, 6) is -2.13. The first-order valence-electron chi connectivity index (χ1n) is 10.3. The maximum atomic E-state index is 12.7. The normalized spacial score (nSPS) is 24.4. The number of rotatable bonds is 8. The van der Waals surface area contributed by atoms with Gasteiger partial charge in [0.1, 0.15) is 6.04 Å². The molecule has 3 aliphatic rings. The number of hydrogen-bond donors (Lipinski definition) is 2. The molecule has 2 saturated carbocycles. The third-order valence-electron chi connectivity index (χ3n) is 6.17. The van der Waals surface area contributed by atoms with Gasteiger partial charge in [0, 0.05) is 13.0 Å². The summed E-state index contributed by atoms with van der Waals surface area (Å²) in [6.45, 7) is 0.559. The molecule has 1 aliphatic heterocycles. The number of hydrogen-bond acceptors (Lipinski definition) is 4. The molecule has 2 N–H and O–H groups in total. The molecule has 0 aromatic heterocycles. The summed E-state index contributed by atoms with van der Waals surface area (Å²) in [7, 11) is 0.